The molecule has 59 valence electrons. The first-order chi connectivity index (χ1) is 5.00. The first-order valence-electron chi connectivity index (χ1n) is 2.65. The first-order valence-corrected chi connectivity index (χ1v) is 4.47. The van der Waals surface area contributed by atoms with Gasteiger partial charge in [0.2, 0.25) is 0 Å². The Morgan fingerprint density at radius 2 is 2.09 bits per heavy atom. The van der Waals surface area contributed by atoms with Gasteiger partial charge in [-0.3, -0.25) is 4.55 Å². The minimum atomic E-state index is -4.13. The molecule has 0 aliphatic heterocycles. The minimum Gasteiger partial charge on any atom is -0.282 e. The summed E-state index contributed by atoms with van der Waals surface area (Å²) in [5.41, 5.74) is 0. The van der Waals surface area contributed by atoms with Gasteiger partial charge >= 0.3 is 0 Å². The lowest BCUT2D eigenvalue weighted by Gasteiger charge is -1.93. The number of hydrogen-bond donors (Lipinski definition) is 1. The van der Waals surface area contributed by atoms with E-state index in [0.717, 1.165) is 0 Å². The van der Waals surface area contributed by atoms with Crippen LogP contribution >= 0.6 is 11.6 Å². The number of benzene rings is 1. The van der Waals surface area contributed by atoms with Crippen LogP contribution in [0.5, 0.6) is 0 Å². The normalized spacial score (nSPS) is 11.5. The van der Waals surface area contributed by atoms with E-state index in [2.05, 4.69) is 6.07 Å². The maximum atomic E-state index is 10.4. The smallest absolute Gasteiger partial charge is 0.282 e. The zero-order valence-electron chi connectivity index (χ0n) is 5.28. The Kier molecular flexibility index (Phi) is 2.17. The van der Waals surface area contributed by atoms with Crippen LogP contribution in [-0.2, 0) is 10.1 Å². The Hall–Kier alpha value is -0.580. The van der Waals surface area contributed by atoms with Gasteiger partial charge in [-0.1, -0.05) is 11.6 Å². The Bertz CT molecular complexity index is 341. The summed E-state index contributed by atoms with van der Waals surface area (Å²) in [7, 11) is -4.13. The quantitative estimate of drug-likeness (QED) is 0.683. The molecule has 0 bridgehead atoms. The van der Waals surface area contributed by atoms with Crippen molar-refractivity contribution in [2.45, 2.75) is 4.90 Å². The summed E-state index contributed by atoms with van der Waals surface area (Å²) in [5.74, 6) is 0. The molecule has 3 nitrogen and oxygen atoms in total. The highest BCUT2D eigenvalue weighted by Gasteiger charge is 2.07. The van der Waals surface area contributed by atoms with Crippen LogP contribution in [0.3, 0.4) is 0 Å². The van der Waals surface area contributed by atoms with Gasteiger partial charge in [-0.05, 0) is 18.2 Å². The monoisotopic (exact) mass is 191 g/mol. The van der Waals surface area contributed by atoms with E-state index in [4.69, 9.17) is 16.2 Å². The molecule has 0 spiro atoms. The van der Waals surface area contributed by atoms with E-state index in [-0.39, 0.29) is 4.90 Å². The fourth-order valence-corrected chi connectivity index (χ4v) is 1.12. The third-order valence-electron chi connectivity index (χ3n) is 1.02. The van der Waals surface area contributed by atoms with Gasteiger partial charge in [0, 0.05) is 11.1 Å². The molecule has 1 radical (unpaired) electrons. The lowest BCUT2D eigenvalue weighted by Crippen LogP contribution is -1.96. The Balaban J connectivity index is 3.20. The minimum absolute atomic E-state index is 0.276. The molecule has 0 fully saturated rings. The van der Waals surface area contributed by atoms with E-state index in [1.165, 1.54) is 18.2 Å². The summed E-state index contributed by atoms with van der Waals surface area (Å²) < 4.78 is 29.3. The molecule has 0 amide bonds. The highest BCUT2D eigenvalue weighted by Crippen LogP contribution is 2.12. The summed E-state index contributed by atoms with van der Waals surface area (Å²) in [4.78, 5) is -0.276. The maximum absolute atomic E-state index is 10.4. The van der Waals surface area contributed by atoms with Crippen LogP contribution in [0.4, 0.5) is 0 Å². The highest BCUT2D eigenvalue weighted by atomic mass is 35.5. The van der Waals surface area contributed by atoms with Crippen molar-refractivity contribution in [3.8, 4) is 0 Å². The second kappa shape index (κ2) is 2.81. The van der Waals surface area contributed by atoms with Gasteiger partial charge in [0.05, 0.1) is 0 Å². The van der Waals surface area contributed by atoms with Crippen LogP contribution in [0.25, 0.3) is 0 Å². The second-order valence-electron chi connectivity index (χ2n) is 1.85. The summed E-state index contributed by atoms with van der Waals surface area (Å²) in [6, 6.07) is 6.12. The molecule has 11 heavy (non-hydrogen) atoms. The molecule has 0 atom stereocenters. The standard InChI is InChI=1S/C6H4ClO3S/c7-5-1-3-6(4-2-5)11(8,9)10/h1-3H,(H,8,9,10). The van der Waals surface area contributed by atoms with Crippen molar-refractivity contribution < 1.29 is 13.0 Å². The molecule has 1 N–H and O–H groups in total. The van der Waals surface area contributed by atoms with E-state index in [1.54, 1.807) is 0 Å². The van der Waals surface area contributed by atoms with Gasteiger partial charge in [-0.15, -0.1) is 0 Å². The van der Waals surface area contributed by atoms with Crippen LogP contribution in [0.1, 0.15) is 0 Å². The third-order valence-corrected chi connectivity index (χ3v) is 2.07. The molecule has 0 aliphatic rings. The van der Waals surface area contributed by atoms with Crippen LogP contribution in [-0.4, -0.2) is 13.0 Å². The summed E-state index contributed by atoms with van der Waals surface area (Å²) in [6.45, 7) is 0. The molecule has 1 rings (SSSR count). The lowest BCUT2D eigenvalue weighted by molar-refractivity contribution is 0.483. The van der Waals surface area contributed by atoms with Gasteiger partial charge in [-0.2, -0.15) is 8.42 Å². The van der Waals surface area contributed by atoms with Crippen molar-refractivity contribution in [2.75, 3.05) is 0 Å². The molecule has 1 aromatic carbocycles. The number of rotatable bonds is 1. The second-order valence-corrected chi connectivity index (χ2v) is 3.67. The van der Waals surface area contributed by atoms with Crippen LogP contribution in [0.2, 0.25) is 5.02 Å². The number of halogens is 1. The molecule has 0 saturated heterocycles. The third kappa shape index (κ3) is 2.18. The molecule has 0 saturated carbocycles. The van der Waals surface area contributed by atoms with Crippen molar-refractivity contribution in [2.24, 2.45) is 0 Å². The predicted molar refractivity (Wildman–Crippen MR) is 40.1 cm³/mol. The number of hydrogen-bond acceptors (Lipinski definition) is 2. The van der Waals surface area contributed by atoms with Crippen LogP contribution in [0, 0.1) is 6.07 Å². The van der Waals surface area contributed by atoms with Gasteiger partial charge in [0.25, 0.3) is 10.1 Å². The van der Waals surface area contributed by atoms with Crippen LogP contribution in [0.15, 0.2) is 23.1 Å². The fourth-order valence-electron chi connectivity index (χ4n) is 0.552. The fraction of sp³-hybridized carbons (Fsp3) is 0. The Morgan fingerprint density at radius 3 is 2.45 bits per heavy atom. The van der Waals surface area contributed by atoms with Crippen molar-refractivity contribution in [1.82, 2.24) is 0 Å². The van der Waals surface area contributed by atoms with Crippen LogP contribution < -0.4 is 0 Å². The molecule has 1 aromatic rings. The van der Waals surface area contributed by atoms with Gasteiger partial charge in [0.15, 0.2) is 0 Å². The lowest BCUT2D eigenvalue weighted by atomic mass is 10.4. The zero-order valence-corrected chi connectivity index (χ0v) is 6.85. The van der Waals surface area contributed by atoms with E-state index < -0.39 is 10.1 Å². The van der Waals surface area contributed by atoms with Crippen molar-refractivity contribution in [3.63, 3.8) is 0 Å². The SMILES string of the molecule is O=S(=O)(O)c1[c]cc(Cl)cc1. The molecule has 0 unspecified atom stereocenters. The van der Waals surface area contributed by atoms with E-state index >= 15 is 0 Å². The molecule has 0 aliphatic carbocycles. The average Bonchev–Trinajstić information content (AvgIpc) is 1.86. The van der Waals surface area contributed by atoms with Crippen molar-refractivity contribution in [1.29, 1.82) is 0 Å². The Morgan fingerprint density at radius 1 is 1.45 bits per heavy atom. The topological polar surface area (TPSA) is 54.4 Å². The van der Waals surface area contributed by atoms with Gasteiger partial charge < -0.3 is 0 Å². The maximum Gasteiger partial charge on any atom is 0.295 e. The summed E-state index contributed by atoms with van der Waals surface area (Å²) in [6.07, 6.45) is 0. The molecular weight excluding hydrogens is 188 g/mol. The highest BCUT2D eigenvalue weighted by molar-refractivity contribution is 7.85. The largest absolute Gasteiger partial charge is 0.295 e. The first kappa shape index (κ1) is 8.52. The molecule has 0 aromatic heterocycles. The van der Waals surface area contributed by atoms with Crippen molar-refractivity contribution >= 4 is 21.7 Å². The van der Waals surface area contributed by atoms with E-state index in [1.807, 2.05) is 0 Å². The molecule has 0 heterocycles. The van der Waals surface area contributed by atoms with Gasteiger partial charge in [0.1, 0.15) is 4.90 Å². The Labute approximate surface area is 69.4 Å². The molecule has 5 heteroatoms. The van der Waals surface area contributed by atoms with Crippen molar-refractivity contribution in [3.05, 3.63) is 29.3 Å². The summed E-state index contributed by atoms with van der Waals surface area (Å²) in [5, 5.41) is 0.373. The van der Waals surface area contributed by atoms with E-state index in [0.29, 0.717) is 5.02 Å². The molecular formula is C6H4ClO3S. The summed E-state index contributed by atoms with van der Waals surface area (Å²) >= 11 is 5.45. The predicted octanol–water partition coefficient (Wildman–Crippen LogP) is 1.39. The zero-order chi connectivity index (χ0) is 8.48. The van der Waals surface area contributed by atoms with E-state index in [9.17, 15) is 8.42 Å². The average molecular weight is 192 g/mol. The van der Waals surface area contributed by atoms with Gasteiger partial charge in [-0.25, -0.2) is 0 Å².